The summed E-state index contributed by atoms with van der Waals surface area (Å²) in [7, 11) is 1.61. The molecule has 0 atom stereocenters. The van der Waals surface area contributed by atoms with Gasteiger partial charge in [-0.1, -0.05) is 24.6 Å². The molecule has 0 aliphatic carbocycles. The minimum absolute atomic E-state index is 0.591. The second-order valence-corrected chi connectivity index (χ2v) is 7.85. The number of hydrogen-bond donors (Lipinski definition) is 1. The Morgan fingerprint density at radius 2 is 2.11 bits per heavy atom. The molecule has 28 heavy (non-hydrogen) atoms. The van der Waals surface area contributed by atoms with Crippen molar-refractivity contribution in [1.29, 1.82) is 0 Å². The normalized spacial score (nSPS) is 11.1. The van der Waals surface area contributed by atoms with E-state index in [4.69, 9.17) is 26.3 Å². The van der Waals surface area contributed by atoms with Crippen LogP contribution in [0.4, 0.5) is 5.82 Å². The summed E-state index contributed by atoms with van der Waals surface area (Å²) in [4.78, 5) is 16.0. The Morgan fingerprint density at radius 1 is 1.25 bits per heavy atom. The van der Waals surface area contributed by atoms with E-state index in [9.17, 15) is 0 Å². The lowest BCUT2D eigenvalue weighted by Gasteiger charge is -2.11. The van der Waals surface area contributed by atoms with E-state index in [0.717, 1.165) is 33.8 Å². The average molecular weight is 414 g/mol. The van der Waals surface area contributed by atoms with Crippen LogP contribution in [-0.2, 0) is 13.0 Å². The fourth-order valence-electron chi connectivity index (χ4n) is 2.97. The Morgan fingerprint density at radius 3 is 2.79 bits per heavy atom. The lowest BCUT2D eigenvalue weighted by Crippen LogP contribution is -2.07. The number of methoxy groups -OCH3 is 1. The molecule has 4 aromatic rings. The summed E-state index contributed by atoms with van der Waals surface area (Å²) < 4.78 is 7.11. The monoisotopic (exact) mass is 413 g/mol. The van der Waals surface area contributed by atoms with Gasteiger partial charge in [0.1, 0.15) is 22.2 Å². The van der Waals surface area contributed by atoms with E-state index < -0.39 is 0 Å². The minimum Gasteiger partial charge on any atom is -0.495 e. The van der Waals surface area contributed by atoms with E-state index in [1.165, 1.54) is 4.88 Å². The number of anilines is 1. The van der Waals surface area contributed by atoms with Crippen LogP contribution in [0.2, 0.25) is 5.02 Å². The number of nitrogens with one attached hydrogen (secondary N) is 1. The number of ether oxygens (including phenoxy) is 1. The topological polar surface area (TPSA) is 64.9 Å². The standard InChI is InChI=1S/C20H20ClN5OS/c1-4-14-10-15-18(23-11-13-5-6-17(27-3)16(21)9-13)24-20(25-19(15)28-14)26-8-7-22-12(26)2/h5-10H,4,11H2,1-3H3,(H,23,24,25). The van der Waals surface area contributed by atoms with Gasteiger partial charge in [0.15, 0.2) is 0 Å². The molecule has 0 aliphatic rings. The summed E-state index contributed by atoms with van der Waals surface area (Å²) in [6.07, 6.45) is 4.59. The number of thiophene rings is 1. The molecular formula is C20H20ClN5OS. The molecule has 0 unspecified atom stereocenters. The molecule has 8 heteroatoms. The lowest BCUT2D eigenvalue weighted by molar-refractivity contribution is 0.415. The molecule has 0 saturated carbocycles. The second kappa shape index (κ2) is 7.77. The molecule has 4 rings (SSSR count). The van der Waals surface area contributed by atoms with Crippen LogP contribution in [0.5, 0.6) is 5.75 Å². The van der Waals surface area contributed by atoms with Crippen molar-refractivity contribution in [2.75, 3.05) is 12.4 Å². The Labute approximate surface area is 172 Å². The Hall–Kier alpha value is -2.64. The van der Waals surface area contributed by atoms with Crippen molar-refractivity contribution in [3.05, 3.63) is 57.9 Å². The number of nitrogens with zero attached hydrogens (tertiary/aromatic N) is 4. The van der Waals surface area contributed by atoms with Crippen molar-refractivity contribution in [3.8, 4) is 11.7 Å². The third-order valence-electron chi connectivity index (χ3n) is 4.50. The van der Waals surface area contributed by atoms with Gasteiger partial charge in [-0.2, -0.15) is 4.98 Å². The highest BCUT2D eigenvalue weighted by Gasteiger charge is 2.14. The fourth-order valence-corrected chi connectivity index (χ4v) is 4.21. The first-order valence-electron chi connectivity index (χ1n) is 8.96. The van der Waals surface area contributed by atoms with Gasteiger partial charge < -0.3 is 10.1 Å². The molecular weight excluding hydrogens is 394 g/mol. The van der Waals surface area contributed by atoms with Crippen molar-refractivity contribution >= 4 is 39.0 Å². The van der Waals surface area contributed by atoms with Crippen LogP contribution in [0.25, 0.3) is 16.2 Å². The molecule has 0 amide bonds. The van der Waals surface area contributed by atoms with E-state index in [0.29, 0.717) is 23.3 Å². The van der Waals surface area contributed by atoms with Gasteiger partial charge in [-0.25, -0.2) is 9.97 Å². The zero-order chi connectivity index (χ0) is 19.7. The maximum absolute atomic E-state index is 6.25. The summed E-state index contributed by atoms with van der Waals surface area (Å²) in [5, 5.41) is 5.07. The van der Waals surface area contributed by atoms with Gasteiger partial charge >= 0.3 is 0 Å². The fraction of sp³-hybridized carbons (Fsp3) is 0.250. The third kappa shape index (κ3) is 3.55. The SMILES string of the molecule is CCc1cc2c(NCc3ccc(OC)c(Cl)c3)nc(-n3ccnc3C)nc2s1. The maximum atomic E-state index is 6.25. The molecule has 144 valence electrons. The van der Waals surface area contributed by atoms with Crippen LogP contribution in [0.1, 0.15) is 23.2 Å². The Balaban J connectivity index is 1.71. The van der Waals surface area contributed by atoms with Crippen molar-refractivity contribution in [2.24, 2.45) is 0 Å². The quantitative estimate of drug-likeness (QED) is 0.480. The first kappa shape index (κ1) is 18.7. The predicted molar refractivity (Wildman–Crippen MR) is 114 cm³/mol. The van der Waals surface area contributed by atoms with Gasteiger partial charge in [-0.05, 0) is 37.1 Å². The maximum Gasteiger partial charge on any atom is 0.238 e. The number of hydrogen-bond acceptors (Lipinski definition) is 6. The Bertz CT molecular complexity index is 1140. The van der Waals surface area contributed by atoms with Crippen LogP contribution in [0.15, 0.2) is 36.7 Å². The van der Waals surface area contributed by atoms with Gasteiger partial charge in [0.05, 0.1) is 17.5 Å². The lowest BCUT2D eigenvalue weighted by atomic mass is 10.2. The molecule has 0 radical (unpaired) electrons. The van der Waals surface area contributed by atoms with Gasteiger partial charge in [-0.15, -0.1) is 11.3 Å². The number of fused-ring (bicyclic) bond motifs is 1. The molecule has 1 aromatic carbocycles. The molecule has 0 aliphatic heterocycles. The summed E-state index contributed by atoms with van der Waals surface area (Å²) in [6, 6.07) is 7.92. The van der Waals surface area contributed by atoms with Crippen molar-refractivity contribution in [3.63, 3.8) is 0 Å². The smallest absolute Gasteiger partial charge is 0.238 e. The molecule has 1 N–H and O–H groups in total. The first-order valence-corrected chi connectivity index (χ1v) is 10.2. The summed E-state index contributed by atoms with van der Waals surface area (Å²) in [5.41, 5.74) is 1.05. The number of aryl methyl sites for hydroxylation is 2. The van der Waals surface area contributed by atoms with Gasteiger partial charge in [0.25, 0.3) is 0 Å². The molecule has 3 heterocycles. The largest absolute Gasteiger partial charge is 0.495 e. The highest BCUT2D eigenvalue weighted by molar-refractivity contribution is 7.18. The number of benzene rings is 1. The molecule has 3 aromatic heterocycles. The van der Waals surface area contributed by atoms with Gasteiger partial charge in [-0.3, -0.25) is 4.57 Å². The molecule has 0 saturated heterocycles. The number of imidazole rings is 1. The van der Waals surface area contributed by atoms with Crippen LogP contribution in [0, 0.1) is 6.92 Å². The molecule has 6 nitrogen and oxygen atoms in total. The zero-order valence-electron chi connectivity index (χ0n) is 15.9. The first-order chi connectivity index (χ1) is 13.6. The van der Waals surface area contributed by atoms with Crippen molar-refractivity contribution in [2.45, 2.75) is 26.8 Å². The van der Waals surface area contributed by atoms with Gasteiger partial charge in [0, 0.05) is 23.8 Å². The van der Waals surface area contributed by atoms with Crippen LogP contribution >= 0.6 is 22.9 Å². The molecule has 0 bridgehead atoms. The Kier molecular flexibility index (Phi) is 5.19. The van der Waals surface area contributed by atoms with Gasteiger partial charge in [0.2, 0.25) is 5.95 Å². The van der Waals surface area contributed by atoms with E-state index in [-0.39, 0.29) is 0 Å². The van der Waals surface area contributed by atoms with Crippen LogP contribution < -0.4 is 10.1 Å². The third-order valence-corrected chi connectivity index (χ3v) is 5.97. The van der Waals surface area contributed by atoms with E-state index >= 15 is 0 Å². The van der Waals surface area contributed by atoms with Crippen molar-refractivity contribution < 1.29 is 4.74 Å². The highest BCUT2D eigenvalue weighted by atomic mass is 35.5. The summed E-state index contributed by atoms with van der Waals surface area (Å²) in [6.45, 7) is 4.67. The van der Waals surface area contributed by atoms with E-state index in [1.54, 1.807) is 24.6 Å². The highest BCUT2D eigenvalue weighted by Crippen LogP contribution is 2.31. The van der Waals surface area contributed by atoms with E-state index in [2.05, 4.69) is 23.3 Å². The summed E-state index contributed by atoms with van der Waals surface area (Å²) in [5.74, 6) is 2.93. The van der Waals surface area contributed by atoms with Crippen LogP contribution in [0.3, 0.4) is 0 Å². The van der Waals surface area contributed by atoms with Crippen LogP contribution in [-0.4, -0.2) is 26.6 Å². The predicted octanol–water partition coefficient (Wildman–Crippen LogP) is 5.02. The second-order valence-electron chi connectivity index (χ2n) is 6.32. The number of halogens is 1. The van der Waals surface area contributed by atoms with E-state index in [1.807, 2.05) is 35.9 Å². The average Bonchev–Trinajstić information content (AvgIpc) is 3.31. The number of aromatic nitrogens is 4. The molecule has 0 spiro atoms. The zero-order valence-corrected chi connectivity index (χ0v) is 17.4. The molecule has 0 fully saturated rings. The summed E-state index contributed by atoms with van der Waals surface area (Å²) >= 11 is 7.95. The van der Waals surface area contributed by atoms with Crippen molar-refractivity contribution in [1.82, 2.24) is 19.5 Å². The number of rotatable bonds is 6. The minimum atomic E-state index is 0.591.